The SMILES string of the molecule is C=C(C)N([O-])OCCCC. The van der Waals surface area contributed by atoms with Crippen molar-refractivity contribution in [2.24, 2.45) is 0 Å². The number of unbranched alkanes of at least 4 members (excludes halogenated alkanes) is 1. The standard InChI is InChI=1S/C7H14NO2/c1-4-5-6-10-8(9)7(2)3/h2,4-6H2,1,3H3/q-1. The van der Waals surface area contributed by atoms with Crippen molar-refractivity contribution >= 4 is 0 Å². The molecule has 0 saturated carbocycles. The molecule has 0 saturated heterocycles. The molecule has 3 nitrogen and oxygen atoms in total. The van der Waals surface area contributed by atoms with Crippen molar-refractivity contribution in [1.29, 1.82) is 0 Å². The van der Waals surface area contributed by atoms with E-state index >= 15 is 0 Å². The van der Waals surface area contributed by atoms with E-state index in [1.165, 1.54) is 0 Å². The summed E-state index contributed by atoms with van der Waals surface area (Å²) in [4.78, 5) is 4.72. The highest BCUT2D eigenvalue weighted by atomic mass is 16.9. The van der Waals surface area contributed by atoms with Crippen molar-refractivity contribution in [3.8, 4) is 0 Å². The van der Waals surface area contributed by atoms with Crippen LogP contribution < -0.4 is 0 Å². The summed E-state index contributed by atoms with van der Waals surface area (Å²) < 4.78 is 0. The number of hydroxylamine groups is 2. The van der Waals surface area contributed by atoms with Crippen LogP contribution in [-0.2, 0) is 4.84 Å². The Morgan fingerprint density at radius 3 is 2.70 bits per heavy atom. The maximum Gasteiger partial charge on any atom is 0.0738 e. The molecule has 3 heteroatoms. The molecule has 0 spiro atoms. The summed E-state index contributed by atoms with van der Waals surface area (Å²) in [5, 5.41) is 11.1. The van der Waals surface area contributed by atoms with Gasteiger partial charge >= 0.3 is 0 Å². The molecular weight excluding hydrogens is 130 g/mol. The van der Waals surface area contributed by atoms with Gasteiger partial charge in [0.1, 0.15) is 0 Å². The van der Waals surface area contributed by atoms with E-state index in [0.717, 1.165) is 12.8 Å². The van der Waals surface area contributed by atoms with Gasteiger partial charge in [0, 0.05) is 5.70 Å². The second-order valence-electron chi connectivity index (χ2n) is 2.18. The van der Waals surface area contributed by atoms with Crippen LogP contribution in [0.4, 0.5) is 0 Å². The molecule has 10 heavy (non-hydrogen) atoms. The molecule has 0 amide bonds. The van der Waals surface area contributed by atoms with Gasteiger partial charge in [-0.05, 0) is 13.3 Å². The Kier molecular flexibility index (Phi) is 4.98. The van der Waals surface area contributed by atoms with E-state index in [0.29, 0.717) is 17.5 Å². The highest BCUT2D eigenvalue weighted by Crippen LogP contribution is 1.99. The second-order valence-corrected chi connectivity index (χ2v) is 2.18. The van der Waals surface area contributed by atoms with Gasteiger partial charge in [0.2, 0.25) is 0 Å². The molecule has 0 rings (SSSR count). The first-order valence-corrected chi connectivity index (χ1v) is 3.44. The summed E-state index contributed by atoms with van der Waals surface area (Å²) in [6.45, 7) is 7.55. The lowest BCUT2D eigenvalue weighted by Crippen LogP contribution is -2.14. The summed E-state index contributed by atoms with van der Waals surface area (Å²) in [6.07, 6.45) is 1.94. The quantitative estimate of drug-likeness (QED) is 0.437. The Labute approximate surface area is 61.8 Å². The first kappa shape index (κ1) is 9.46. The molecule has 0 aliphatic rings. The summed E-state index contributed by atoms with van der Waals surface area (Å²) in [6, 6.07) is 0. The number of allylic oxidation sites excluding steroid dienone is 1. The molecule has 0 aromatic heterocycles. The molecule has 0 fully saturated rings. The molecule has 0 aliphatic heterocycles. The van der Waals surface area contributed by atoms with Gasteiger partial charge in [-0.25, -0.2) is 0 Å². The van der Waals surface area contributed by atoms with Gasteiger partial charge in [-0.2, -0.15) is 0 Å². The van der Waals surface area contributed by atoms with E-state index < -0.39 is 0 Å². The zero-order valence-corrected chi connectivity index (χ0v) is 6.59. The number of nitrogens with zero attached hydrogens (tertiary/aromatic N) is 1. The van der Waals surface area contributed by atoms with Gasteiger partial charge in [-0.15, -0.1) is 0 Å². The number of rotatable bonds is 5. The molecular formula is C7H14NO2-. The molecule has 60 valence electrons. The molecule has 0 unspecified atom stereocenters. The van der Waals surface area contributed by atoms with E-state index in [9.17, 15) is 5.21 Å². The highest BCUT2D eigenvalue weighted by Gasteiger charge is 1.88. The van der Waals surface area contributed by atoms with Crippen LogP contribution in [0.3, 0.4) is 0 Å². The Hall–Kier alpha value is -0.540. The average molecular weight is 144 g/mol. The molecule has 0 aromatic carbocycles. The van der Waals surface area contributed by atoms with E-state index in [4.69, 9.17) is 4.84 Å². The van der Waals surface area contributed by atoms with Crippen molar-refractivity contribution in [3.63, 3.8) is 0 Å². The summed E-state index contributed by atoms with van der Waals surface area (Å²) in [5.41, 5.74) is 0.385. The molecule has 0 N–H and O–H groups in total. The van der Waals surface area contributed by atoms with E-state index in [-0.39, 0.29) is 0 Å². The molecule has 0 bridgehead atoms. The molecule has 0 aliphatic carbocycles. The maximum absolute atomic E-state index is 10.6. The summed E-state index contributed by atoms with van der Waals surface area (Å²) in [5.74, 6) is 0. The fourth-order valence-electron chi connectivity index (χ4n) is 0.402. The van der Waals surface area contributed by atoms with Crippen LogP contribution in [0.2, 0.25) is 0 Å². The van der Waals surface area contributed by atoms with Crippen molar-refractivity contribution in [3.05, 3.63) is 17.5 Å². The van der Waals surface area contributed by atoms with Crippen LogP contribution in [0, 0.1) is 5.21 Å². The third-order valence-corrected chi connectivity index (χ3v) is 1.02. The molecule has 0 heterocycles. The Morgan fingerprint density at radius 2 is 2.30 bits per heavy atom. The predicted octanol–water partition coefficient (Wildman–Crippen LogP) is 2.05. The van der Waals surface area contributed by atoms with Crippen LogP contribution in [0.1, 0.15) is 26.7 Å². The fraction of sp³-hybridized carbons (Fsp3) is 0.714. The van der Waals surface area contributed by atoms with Gasteiger partial charge in [-0.1, -0.05) is 19.9 Å². The number of hydrogen-bond acceptors (Lipinski definition) is 3. The normalized spacial score (nSPS) is 9.50. The van der Waals surface area contributed by atoms with Gasteiger partial charge < -0.3 is 10.4 Å². The topological polar surface area (TPSA) is 35.5 Å². The van der Waals surface area contributed by atoms with E-state index in [2.05, 4.69) is 6.58 Å². The lowest BCUT2D eigenvalue weighted by atomic mass is 10.4. The first-order chi connectivity index (χ1) is 4.68. The van der Waals surface area contributed by atoms with Crippen molar-refractivity contribution in [2.75, 3.05) is 6.61 Å². The maximum atomic E-state index is 10.6. The van der Waals surface area contributed by atoms with Crippen LogP contribution >= 0.6 is 0 Å². The fourth-order valence-corrected chi connectivity index (χ4v) is 0.402. The van der Waals surface area contributed by atoms with Crippen LogP contribution in [0.15, 0.2) is 12.3 Å². The minimum Gasteiger partial charge on any atom is -0.734 e. The highest BCUT2D eigenvalue weighted by molar-refractivity contribution is 4.83. The minimum absolute atomic E-state index is 0.385. The zero-order valence-electron chi connectivity index (χ0n) is 6.59. The van der Waals surface area contributed by atoms with Gasteiger partial charge in [-0.3, -0.25) is 4.84 Å². The molecule has 0 aromatic rings. The third-order valence-electron chi connectivity index (χ3n) is 1.02. The van der Waals surface area contributed by atoms with E-state index in [1.807, 2.05) is 6.92 Å². The monoisotopic (exact) mass is 144 g/mol. The van der Waals surface area contributed by atoms with Gasteiger partial charge in [0.25, 0.3) is 0 Å². The Bertz CT molecular complexity index is 104. The van der Waals surface area contributed by atoms with Crippen molar-refractivity contribution < 1.29 is 4.84 Å². The van der Waals surface area contributed by atoms with Gasteiger partial charge in [0.05, 0.1) is 6.61 Å². The van der Waals surface area contributed by atoms with Crippen LogP contribution in [-0.4, -0.2) is 11.8 Å². The smallest absolute Gasteiger partial charge is 0.0738 e. The van der Waals surface area contributed by atoms with Crippen molar-refractivity contribution in [2.45, 2.75) is 26.7 Å². The lowest BCUT2D eigenvalue weighted by molar-refractivity contribution is -0.0926. The lowest BCUT2D eigenvalue weighted by Gasteiger charge is -2.28. The largest absolute Gasteiger partial charge is 0.734 e. The molecule has 0 radical (unpaired) electrons. The summed E-state index contributed by atoms with van der Waals surface area (Å²) >= 11 is 0. The Balaban J connectivity index is 3.21. The van der Waals surface area contributed by atoms with Crippen LogP contribution in [0.25, 0.3) is 0 Å². The van der Waals surface area contributed by atoms with Gasteiger partial charge in [0.15, 0.2) is 0 Å². The molecule has 0 atom stereocenters. The van der Waals surface area contributed by atoms with E-state index in [1.54, 1.807) is 6.92 Å². The summed E-state index contributed by atoms with van der Waals surface area (Å²) in [7, 11) is 0. The van der Waals surface area contributed by atoms with Crippen molar-refractivity contribution in [1.82, 2.24) is 5.23 Å². The number of hydrogen-bond donors (Lipinski definition) is 0. The van der Waals surface area contributed by atoms with Crippen LogP contribution in [0.5, 0.6) is 0 Å². The minimum atomic E-state index is 0.385. The Morgan fingerprint density at radius 1 is 1.70 bits per heavy atom. The zero-order chi connectivity index (χ0) is 7.98. The average Bonchev–Trinajstić information content (AvgIpc) is 1.88. The third kappa shape index (κ3) is 4.35. The second kappa shape index (κ2) is 5.26. The predicted molar refractivity (Wildman–Crippen MR) is 40.9 cm³/mol. The first-order valence-electron chi connectivity index (χ1n) is 3.44.